The van der Waals surface area contributed by atoms with Crippen LogP contribution < -0.4 is 5.32 Å². The molecule has 24 heavy (non-hydrogen) atoms. The van der Waals surface area contributed by atoms with Gasteiger partial charge in [-0.05, 0) is 26.4 Å². The van der Waals surface area contributed by atoms with Crippen molar-refractivity contribution in [3.63, 3.8) is 0 Å². The lowest BCUT2D eigenvalue weighted by atomic mass is 10.1. The average Bonchev–Trinajstić information content (AvgIpc) is 3.04. The molecule has 0 atom stereocenters. The molecule has 2 aromatic rings. The van der Waals surface area contributed by atoms with E-state index in [0.29, 0.717) is 6.42 Å². The summed E-state index contributed by atoms with van der Waals surface area (Å²) in [5.74, 6) is 1.06. The topological polar surface area (TPSA) is 58.4 Å². The molecular formula is C18H26ClN3O2. The lowest BCUT2D eigenvalue weighted by Gasteiger charge is -2.16. The number of nitrogens with zero attached hydrogens (tertiary/aromatic N) is 2. The zero-order valence-corrected chi connectivity index (χ0v) is 15.1. The summed E-state index contributed by atoms with van der Waals surface area (Å²) in [5, 5.41) is 7.16. The van der Waals surface area contributed by atoms with Crippen LogP contribution in [0.2, 0.25) is 0 Å². The Kier molecular flexibility index (Phi) is 9.12. The number of nitrogens with one attached hydrogen (secondary N) is 1. The van der Waals surface area contributed by atoms with Gasteiger partial charge in [-0.2, -0.15) is 0 Å². The molecule has 0 spiro atoms. The van der Waals surface area contributed by atoms with Crippen molar-refractivity contribution in [1.29, 1.82) is 0 Å². The maximum Gasteiger partial charge on any atom is 0.222 e. The second-order valence-electron chi connectivity index (χ2n) is 5.67. The molecule has 1 aromatic carbocycles. The van der Waals surface area contributed by atoms with E-state index in [9.17, 15) is 4.79 Å². The van der Waals surface area contributed by atoms with Crippen molar-refractivity contribution in [2.75, 3.05) is 27.2 Å². The third-order valence-electron chi connectivity index (χ3n) is 3.79. The molecule has 5 nitrogen and oxygen atoms in total. The van der Waals surface area contributed by atoms with Crippen LogP contribution in [0.3, 0.4) is 0 Å². The molecule has 2 rings (SSSR count). The summed E-state index contributed by atoms with van der Waals surface area (Å²) >= 11 is 0. The zero-order valence-electron chi connectivity index (χ0n) is 14.3. The second-order valence-corrected chi connectivity index (χ2v) is 5.67. The number of carbonyl (C=O) groups is 1. The van der Waals surface area contributed by atoms with Gasteiger partial charge in [0.25, 0.3) is 0 Å². The molecule has 0 aliphatic carbocycles. The molecule has 1 amide bonds. The van der Waals surface area contributed by atoms with Crippen molar-refractivity contribution in [3.05, 3.63) is 42.2 Å². The maximum absolute atomic E-state index is 11.9. The Labute approximate surface area is 149 Å². The Bertz CT molecular complexity index is 601. The monoisotopic (exact) mass is 351 g/mol. The second kappa shape index (κ2) is 10.8. The number of hydrogen-bond acceptors (Lipinski definition) is 4. The van der Waals surface area contributed by atoms with Crippen LogP contribution in [0.5, 0.6) is 0 Å². The SMILES string of the molecule is CNCCCC(=O)N(C)CCCc1cc(-c2ccccc2)no1.Cl. The smallest absolute Gasteiger partial charge is 0.222 e. The molecule has 0 radical (unpaired) electrons. The molecule has 0 bridgehead atoms. The molecule has 0 unspecified atom stereocenters. The Morgan fingerprint density at radius 3 is 2.71 bits per heavy atom. The van der Waals surface area contributed by atoms with Crippen LogP contribution in [-0.4, -0.2) is 43.1 Å². The van der Waals surface area contributed by atoms with E-state index in [1.165, 1.54) is 0 Å². The van der Waals surface area contributed by atoms with E-state index in [0.717, 1.165) is 49.4 Å². The fourth-order valence-electron chi connectivity index (χ4n) is 2.40. The number of rotatable bonds is 9. The van der Waals surface area contributed by atoms with Crippen LogP contribution in [0.1, 0.15) is 25.0 Å². The van der Waals surface area contributed by atoms with Gasteiger partial charge in [-0.25, -0.2) is 0 Å². The molecule has 0 saturated carbocycles. The fraction of sp³-hybridized carbons (Fsp3) is 0.444. The number of aromatic nitrogens is 1. The summed E-state index contributed by atoms with van der Waals surface area (Å²) in [6.45, 7) is 1.61. The molecule has 0 saturated heterocycles. The molecule has 1 heterocycles. The van der Waals surface area contributed by atoms with Gasteiger partial charge in [0, 0.05) is 38.1 Å². The highest BCUT2D eigenvalue weighted by Gasteiger charge is 2.10. The molecule has 0 fully saturated rings. The van der Waals surface area contributed by atoms with E-state index in [-0.39, 0.29) is 18.3 Å². The van der Waals surface area contributed by atoms with Crippen molar-refractivity contribution in [2.45, 2.75) is 25.7 Å². The van der Waals surface area contributed by atoms with E-state index in [4.69, 9.17) is 4.52 Å². The summed E-state index contributed by atoms with van der Waals surface area (Å²) in [4.78, 5) is 13.7. The number of carbonyl (C=O) groups excluding carboxylic acids is 1. The highest BCUT2D eigenvalue weighted by molar-refractivity contribution is 5.85. The van der Waals surface area contributed by atoms with E-state index in [2.05, 4.69) is 10.5 Å². The van der Waals surface area contributed by atoms with Gasteiger partial charge in [0.1, 0.15) is 11.5 Å². The summed E-state index contributed by atoms with van der Waals surface area (Å²) in [6, 6.07) is 12.0. The molecular weight excluding hydrogens is 326 g/mol. The van der Waals surface area contributed by atoms with E-state index >= 15 is 0 Å². The first-order valence-electron chi connectivity index (χ1n) is 8.10. The Hall–Kier alpha value is -1.85. The highest BCUT2D eigenvalue weighted by Crippen LogP contribution is 2.19. The standard InChI is InChI=1S/C18H25N3O2.ClH/c1-19-12-6-11-18(22)21(2)13-7-10-16-14-17(20-23-16)15-8-4-3-5-9-15;/h3-5,8-9,14,19H,6-7,10-13H2,1-2H3;1H. The van der Waals surface area contributed by atoms with Crippen LogP contribution >= 0.6 is 12.4 Å². The van der Waals surface area contributed by atoms with E-state index in [1.807, 2.05) is 50.5 Å². The molecule has 6 heteroatoms. The van der Waals surface area contributed by atoms with Crippen LogP contribution in [-0.2, 0) is 11.2 Å². The first-order valence-corrected chi connectivity index (χ1v) is 8.10. The number of benzene rings is 1. The van der Waals surface area contributed by atoms with Gasteiger partial charge in [-0.1, -0.05) is 35.5 Å². The average molecular weight is 352 g/mol. The molecule has 1 aromatic heterocycles. The maximum atomic E-state index is 11.9. The van der Waals surface area contributed by atoms with Crippen LogP contribution in [0.25, 0.3) is 11.3 Å². The number of aryl methyl sites for hydroxylation is 1. The van der Waals surface area contributed by atoms with Gasteiger partial charge in [0.15, 0.2) is 0 Å². The summed E-state index contributed by atoms with van der Waals surface area (Å²) in [6.07, 6.45) is 3.13. The summed E-state index contributed by atoms with van der Waals surface area (Å²) in [5.41, 5.74) is 1.91. The van der Waals surface area contributed by atoms with Crippen molar-refractivity contribution < 1.29 is 9.32 Å². The summed E-state index contributed by atoms with van der Waals surface area (Å²) < 4.78 is 5.38. The molecule has 1 N–H and O–H groups in total. The van der Waals surface area contributed by atoms with E-state index < -0.39 is 0 Å². The van der Waals surface area contributed by atoms with Crippen molar-refractivity contribution in [2.24, 2.45) is 0 Å². The normalized spacial score (nSPS) is 10.2. The first kappa shape index (κ1) is 20.2. The van der Waals surface area contributed by atoms with Gasteiger partial charge in [0.05, 0.1) is 0 Å². The van der Waals surface area contributed by atoms with E-state index in [1.54, 1.807) is 4.90 Å². The Balaban J connectivity index is 0.00000288. The Morgan fingerprint density at radius 2 is 2.00 bits per heavy atom. The van der Waals surface area contributed by atoms with Crippen molar-refractivity contribution >= 4 is 18.3 Å². The Morgan fingerprint density at radius 1 is 1.25 bits per heavy atom. The lowest BCUT2D eigenvalue weighted by molar-refractivity contribution is -0.130. The number of hydrogen-bond donors (Lipinski definition) is 1. The van der Waals surface area contributed by atoms with Crippen molar-refractivity contribution in [3.8, 4) is 11.3 Å². The number of halogens is 1. The van der Waals surface area contributed by atoms with Crippen LogP contribution in [0.15, 0.2) is 40.9 Å². The minimum atomic E-state index is 0. The van der Waals surface area contributed by atoms with Gasteiger partial charge in [-0.15, -0.1) is 12.4 Å². The van der Waals surface area contributed by atoms with Gasteiger partial charge in [0.2, 0.25) is 5.91 Å². The molecule has 0 aliphatic heterocycles. The summed E-state index contributed by atoms with van der Waals surface area (Å²) in [7, 11) is 3.76. The van der Waals surface area contributed by atoms with Crippen LogP contribution in [0.4, 0.5) is 0 Å². The third kappa shape index (κ3) is 6.34. The molecule has 0 aliphatic rings. The number of amides is 1. The quantitative estimate of drug-likeness (QED) is 0.705. The minimum Gasteiger partial charge on any atom is -0.361 e. The van der Waals surface area contributed by atoms with Crippen molar-refractivity contribution in [1.82, 2.24) is 15.4 Å². The van der Waals surface area contributed by atoms with Gasteiger partial charge in [-0.3, -0.25) is 4.79 Å². The highest BCUT2D eigenvalue weighted by atomic mass is 35.5. The third-order valence-corrected chi connectivity index (χ3v) is 3.79. The predicted octanol–water partition coefficient (Wildman–Crippen LogP) is 3.15. The molecule has 132 valence electrons. The minimum absolute atomic E-state index is 0. The predicted molar refractivity (Wildman–Crippen MR) is 98.3 cm³/mol. The van der Waals surface area contributed by atoms with Crippen LogP contribution in [0, 0.1) is 0 Å². The largest absolute Gasteiger partial charge is 0.361 e. The fourth-order valence-corrected chi connectivity index (χ4v) is 2.40. The first-order chi connectivity index (χ1) is 11.2. The van der Waals surface area contributed by atoms with Gasteiger partial charge >= 0.3 is 0 Å². The zero-order chi connectivity index (χ0) is 16.5. The van der Waals surface area contributed by atoms with Gasteiger partial charge < -0.3 is 14.7 Å². The lowest BCUT2D eigenvalue weighted by Crippen LogP contribution is -2.28.